The molecule has 0 radical (unpaired) electrons. The van der Waals surface area contributed by atoms with Gasteiger partial charge in [0.25, 0.3) is 0 Å². The average Bonchev–Trinajstić information content (AvgIpc) is 3.20. The minimum Gasteiger partial charge on any atom is -0.493 e. The van der Waals surface area contributed by atoms with Gasteiger partial charge in [0.15, 0.2) is 11.5 Å². The molecule has 0 spiro atoms. The Morgan fingerprint density at radius 2 is 1.85 bits per heavy atom. The van der Waals surface area contributed by atoms with Crippen LogP contribution < -0.4 is 25.0 Å². The lowest BCUT2D eigenvalue weighted by atomic mass is 10.1. The van der Waals surface area contributed by atoms with E-state index in [1.54, 1.807) is 14.2 Å². The summed E-state index contributed by atoms with van der Waals surface area (Å²) in [5, 5.41) is 5.88. The summed E-state index contributed by atoms with van der Waals surface area (Å²) in [5.74, 6) is 1.80. The van der Waals surface area contributed by atoms with Gasteiger partial charge < -0.3 is 25.0 Å². The molecule has 1 unspecified atom stereocenters. The van der Waals surface area contributed by atoms with Crippen molar-refractivity contribution in [3.05, 3.63) is 54.1 Å². The van der Waals surface area contributed by atoms with Gasteiger partial charge in [-0.05, 0) is 42.2 Å². The molecule has 1 fully saturated rings. The van der Waals surface area contributed by atoms with Crippen LogP contribution in [0.5, 0.6) is 11.5 Å². The second-order valence-electron chi connectivity index (χ2n) is 6.69. The topological polar surface area (TPSA) is 62.8 Å². The Morgan fingerprint density at radius 3 is 2.59 bits per heavy atom. The van der Waals surface area contributed by atoms with E-state index in [1.165, 1.54) is 5.69 Å². The normalized spacial score (nSPS) is 16.1. The summed E-state index contributed by atoms with van der Waals surface area (Å²) >= 11 is 0. The van der Waals surface area contributed by atoms with Crippen LogP contribution in [-0.2, 0) is 6.54 Å². The van der Waals surface area contributed by atoms with E-state index < -0.39 is 0 Å². The van der Waals surface area contributed by atoms with Crippen LogP contribution in [-0.4, -0.2) is 39.9 Å². The van der Waals surface area contributed by atoms with E-state index in [1.807, 2.05) is 24.3 Å². The number of nitrogens with zero attached hydrogens (tertiary/aromatic N) is 1. The molecule has 0 bridgehead atoms. The number of hydrogen-bond acceptors (Lipinski definition) is 4. The third kappa shape index (κ3) is 5.06. The van der Waals surface area contributed by atoms with Crippen molar-refractivity contribution in [1.82, 2.24) is 10.6 Å². The number of ether oxygens (including phenoxy) is 2. The van der Waals surface area contributed by atoms with Crippen molar-refractivity contribution in [2.24, 2.45) is 5.92 Å². The lowest BCUT2D eigenvalue weighted by Gasteiger charge is -2.18. The second kappa shape index (κ2) is 9.16. The van der Waals surface area contributed by atoms with Crippen molar-refractivity contribution in [3.8, 4) is 11.5 Å². The van der Waals surface area contributed by atoms with Crippen molar-refractivity contribution >= 4 is 11.7 Å². The first-order chi connectivity index (χ1) is 13.2. The first kappa shape index (κ1) is 18.9. The summed E-state index contributed by atoms with van der Waals surface area (Å²) < 4.78 is 10.5. The summed E-state index contributed by atoms with van der Waals surface area (Å²) in [6.07, 6.45) is 1.09. The number of carbonyl (C=O) groups is 1. The maximum Gasteiger partial charge on any atom is 0.315 e. The van der Waals surface area contributed by atoms with Crippen LogP contribution in [0.3, 0.4) is 0 Å². The molecule has 0 aromatic heterocycles. The fourth-order valence-corrected chi connectivity index (χ4v) is 3.35. The van der Waals surface area contributed by atoms with E-state index in [4.69, 9.17) is 9.47 Å². The van der Waals surface area contributed by atoms with Crippen LogP contribution >= 0.6 is 0 Å². The Hall–Kier alpha value is -2.89. The summed E-state index contributed by atoms with van der Waals surface area (Å²) in [7, 11) is 3.20. The first-order valence-electron chi connectivity index (χ1n) is 9.22. The zero-order valence-electron chi connectivity index (χ0n) is 15.9. The number of hydrogen-bond donors (Lipinski definition) is 2. The lowest BCUT2D eigenvalue weighted by Crippen LogP contribution is -2.38. The molecule has 6 nitrogen and oxygen atoms in total. The molecule has 3 rings (SSSR count). The maximum atomic E-state index is 12.1. The van der Waals surface area contributed by atoms with E-state index in [0.29, 0.717) is 30.5 Å². The lowest BCUT2D eigenvalue weighted by molar-refractivity contribution is 0.239. The molecule has 1 atom stereocenters. The summed E-state index contributed by atoms with van der Waals surface area (Å²) in [5.41, 5.74) is 2.21. The van der Waals surface area contributed by atoms with Crippen LogP contribution in [0.15, 0.2) is 48.5 Å². The number of nitrogens with one attached hydrogen (secondary N) is 2. The standard InChI is InChI=1S/C21H27N3O3/c1-26-19-9-8-16(12-20(19)27-2)13-22-21(25)23-14-17-10-11-24(15-17)18-6-4-3-5-7-18/h3-9,12,17H,10-11,13-15H2,1-2H3,(H2,22,23,25). The maximum absolute atomic E-state index is 12.1. The third-order valence-electron chi connectivity index (χ3n) is 4.86. The van der Waals surface area contributed by atoms with Gasteiger partial charge in [-0.1, -0.05) is 24.3 Å². The van der Waals surface area contributed by atoms with Crippen LogP contribution in [0, 0.1) is 5.92 Å². The van der Waals surface area contributed by atoms with Crippen molar-refractivity contribution in [3.63, 3.8) is 0 Å². The van der Waals surface area contributed by atoms with E-state index in [9.17, 15) is 4.79 Å². The SMILES string of the molecule is COc1ccc(CNC(=O)NCC2CCN(c3ccccc3)C2)cc1OC. The zero-order valence-corrected chi connectivity index (χ0v) is 15.9. The van der Waals surface area contributed by atoms with Gasteiger partial charge >= 0.3 is 6.03 Å². The minimum atomic E-state index is -0.150. The fraction of sp³-hybridized carbons (Fsp3) is 0.381. The summed E-state index contributed by atoms with van der Waals surface area (Å²) in [6.45, 7) is 3.12. The molecule has 1 aliphatic rings. The highest BCUT2D eigenvalue weighted by molar-refractivity contribution is 5.73. The molecular formula is C21H27N3O3. The van der Waals surface area contributed by atoms with Crippen molar-refractivity contribution in [1.29, 1.82) is 0 Å². The Labute approximate surface area is 160 Å². The van der Waals surface area contributed by atoms with Gasteiger partial charge in [0, 0.05) is 31.9 Å². The number of para-hydroxylation sites is 1. The molecule has 2 aromatic carbocycles. The molecule has 27 heavy (non-hydrogen) atoms. The van der Waals surface area contributed by atoms with Crippen LogP contribution in [0.25, 0.3) is 0 Å². The van der Waals surface area contributed by atoms with Crippen molar-refractivity contribution in [2.75, 3.05) is 38.8 Å². The molecule has 0 saturated carbocycles. The smallest absolute Gasteiger partial charge is 0.315 e. The molecule has 1 heterocycles. The predicted molar refractivity (Wildman–Crippen MR) is 107 cm³/mol. The Bertz CT molecular complexity index is 752. The quantitative estimate of drug-likeness (QED) is 0.788. The molecule has 144 valence electrons. The van der Waals surface area contributed by atoms with Crippen LogP contribution in [0.2, 0.25) is 0 Å². The van der Waals surface area contributed by atoms with Gasteiger partial charge in [-0.25, -0.2) is 4.79 Å². The van der Waals surface area contributed by atoms with Crippen molar-refractivity contribution < 1.29 is 14.3 Å². The molecule has 1 aliphatic heterocycles. The molecule has 0 aliphatic carbocycles. The van der Waals surface area contributed by atoms with Gasteiger partial charge in [0.1, 0.15) is 0 Å². The van der Waals surface area contributed by atoms with Gasteiger partial charge in [-0.2, -0.15) is 0 Å². The predicted octanol–water partition coefficient (Wildman–Crippen LogP) is 3.03. The van der Waals surface area contributed by atoms with E-state index >= 15 is 0 Å². The minimum absolute atomic E-state index is 0.150. The summed E-state index contributed by atoms with van der Waals surface area (Å²) in [4.78, 5) is 14.5. The fourth-order valence-electron chi connectivity index (χ4n) is 3.35. The number of methoxy groups -OCH3 is 2. The average molecular weight is 369 g/mol. The highest BCUT2D eigenvalue weighted by atomic mass is 16.5. The molecule has 2 amide bonds. The molecular weight excluding hydrogens is 342 g/mol. The highest BCUT2D eigenvalue weighted by Gasteiger charge is 2.22. The zero-order chi connectivity index (χ0) is 19.1. The van der Waals surface area contributed by atoms with Crippen LogP contribution in [0.4, 0.5) is 10.5 Å². The molecule has 2 aromatic rings. The Kier molecular flexibility index (Phi) is 6.41. The van der Waals surface area contributed by atoms with Gasteiger partial charge in [-0.15, -0.1) is 0 Å². The second-order valence-corrected chi connectivity index (χ2v) is 6.69. The number of amides is 2. The van der Waals surface area contributed by atoms with Crippen molar-refractivity contribution in [2.45, 2.75) is 13.0 Å². The van der Waals surface area contributed by atoms with Gasteiger partial charge in [0.05, 0.1) is 14.2 Å². The van der Waals surface area contributed by atoms with Gasteiger partial charge in [0.2, 0.25) is 0 Å². The number of urea groups is 1. The number of rotatable bonds is 7. The largest absolute Gasteiger partial charge is 0.493 e. The summed E-state index contributed by atoms with van der Waals surface area (Å²) in [6, 6.07) is 15.9. The Morgan fingerprint density at radius 1 is 1.07 bits per heavy atom. The highest BCUT2D eigenvalue weighted by Crippen LogP contribution is 2.27. The number of anilines is 1. The molecule has 1 saturated heterocycles. The Balaban J connectivity index is 1.41. The molecule has 2 N–H and O–H groups in total. The van der Waals surface area contributed by atoms with Gasteiger partial charge in [-0.3, -0.25) is 0 Å². The monoisotopic (exact) mass is 369 g/mol. The van der Waals surface area contributed by atoms with E-state index in [0.717, 1.165) is 25.1 Å². The number of benzene rings is 2. The first-order valence-corrected chi connectivity index (χ1v) is 9.22. The third-order valence-corrected chi connectivity index (χ3v) is 4.86. The van der Waals surface area contributed by atoms with E-state index in [-0.39, 0.29) is 6.03 Å². The van der Waals surface area contributed by atoms with Crippen LogP contribution in [0.1, 0.15) is 12.0 Å². The molecule has 6 heteroatoms. The number of carbonyl (C=O) groups excluding carboxylic acids is 1. The van der Waals surface area contributed by atoms with E-state index in [2.05, 4.69) is 39.8 Å².